The van der Waals surface area contributed by atoms with Crippen molar-refractivity contribution >= 4 is 19.1 Å². The summed E-state index contributed by atoms with van der Waals surface area (Å²) in [6.07, 6.45) is -1.83. The van der Waals surface area contributed by atoms with Gasteiger partial charge in [0, 0.05) is 20.6 Å². The van der Waals surface area contributed by atoms with Crippen molar-refractivity contribution in [2.24, 2.45) is 0 Å². The second-order valence-corrected chi connectivity index (χ2v) is 13.5. The standard InChI is InChI=1S/C17H23F3N2O2Si/c1-25(2,3)10-9-24-11-21-15(12-6-7-12)14(17(18,19)20)13-5-4-8-22(23)16(13)21/h4-5,8,12H,6-7,9-11H2,1-3H3. The van der Waals surface area contributed by atoms with Gasteiger partial charge < -0.3 is 9.94 Å². The number of alkyl halides is 3. The summed E-state index contributed by atoms with van der Waals surface area (Å²) in [5.74, 6) is -0.149. The van der Waals surface area contributed by atoms with Crippen LogP contribution in [0, 0.1) is 5.21 Å². The van der Waals surface area contributed by atoms with Crippen molar-refractivity contribution in [3.8, 4) is 0 Å². The van der Waals surface area contributed by atoms with Crippen LogP contribution in [0.3, 0.4) is 0 Å². The molecule has 4 nitrogen and oxygen atoms in total. The summed E-state index contributed by atoms with van der Waals surface area (Å²) >= 11 is 0. The minimum atomic E-state index is -4.49. The minimum absolute atomic E-state index is 0.0187. The Labute approximate surface area is 145 Å². The van der Waals surface area contributed by atoms with Gasteiger partial charge in [-0.2, -0.15) is 13.2 Å². The molecule has 0 unspecified atom stereocenters. The van der Waals surface area contributed by atoms with Crippen molar-refractivity contribution in [2.45, 2.75) is 57.4 Å². The zero-order valence-electron chi connectivity index (χ0n) is 14.7. The highest BCUT2D eigenvalue weighted by molar-refractivity contribution is 6.76. The minimum Gasteiger partial charge on any atom is -0.711 e. The summed E-state index contributed by atoms with van der Waals surface area (Å²) in [6.45, 7) is 7.11. The van der Waals surface area contributed by atoms with Crippen LogP contribution in [0.1, 0.15) is 30.0 Å². The molecule has 2 aromatic heterocycles. The van der Waals surface area contributed by atoms with Gasteiger partial charge in [0.05, 0.1) is 11.6 Å². The van der Waals surface area contributed by atoms with Crippen molar-refractivity contribution in [1.82, 2.24) is 4.57 Å². The fourth-order valence-electron chi connectivity index (χ4n) is 3.07. The number of fused-ring (bicyclic) bond motifs is 1. The molecule has 0 bridgehead atoms. The first-order valence-corrected chi connectivity index (χ1v) is 12.2. The van der Waals surface area contributed by atoms with Gasteiger partial charge in [-0.15, -0.1) is 0 Å². The van der Waals surface area contributed by atoms with E-state index in [-0.39, 0.29) is 29.4 Å². The maximum Gasteiger partial charge on any atom is 0.421 e. The molecule has 0 radical (unpaired) electrons. The molecule has 1 aliphatic rings. The van der Waals surface area contributed by atoms with Gasteiger partial charge in [0.25, 0.3) is 5.65 Å². The molecule has 0 saturated heterocycles. The van der Waals surface area contributed by atoms with E-state index < -0.39 is 19.8 Å². The Balaban J connectivity index is 2.02. The van der Waals surface area contributed by atoms with E-state index in [4.69, 9.17) is 4.74 Å². The van der Waals surface area contributed by atoms with Crippen molar-refractivity contribution in [2.75, 3.05) is 6.61 Å². The van der Waals surface area contributed by atoms with Crippen LogP contribution < -0.4 is 4.73 Å². The Bertz CT molecular complexity index is 777. The summed E-state index contributed by atoms with van der Waals surface area (Å²) < 4.78 is 48.7. The average Bonchev–Trinajstić information content (AvgIpc) is 3.24. The molecule has 0 amide bonds. The van der Waals surface area contributed by atoms with Crippen LogP contribution in [-0.4, -0.2) is 19.2 Å². The molecule has 1 fully saturated rings. The SMILES string of the molecule is C[Si](C)(C)CCOCn1c(C2CC2)c(C(F)(F)F)c2ccc[n+]([O-])c21. The van der Waals surface area contributed by atoms with Crippen molar-refractivity contribution in [3.05, 3.63) is 34.8 Å². The fraction of sp³-hybridized carbons (Fsp3) is 0.588. The maximum atomic E-state index is 13.7. The zero-order valence-corrected chi connectivity index (χ0v) is 15.7. The largest absolute Gasteiger partial charge is 0.711 e. The Morgan fingerprint density at radius 1 is 1.32 bits per heavy atom. The third-order valence-corrected chi connectivity index (χ3v) is 6.17. The smallest absolute Gasteiger partial charge is 0.421 e. The van der Waals surface area contributed by atoms with E-state index in [9.17, 15) is 18.4 Å². The molecule has 138 valence electrons. The normalized spacial score (nSPS) is 15.9. The van der Waals surface area contributed by atoms with Crippen molar-refractivity contribution in [1.29, 1.82) is 0 Å². The maximum absolute atomic E-state index is 13.7. The first-order valence-electron chi connectivity index (χ1n) is 8.49. The molecular formula is C17H23F3N2O2Si. The predicted octanol–water partition coefficient (Wildman–Crippen LogP) is 4.48. The van der Waals surface area contributed by atoms with Gasteiger partial charge in [0.2, 0.25) is 0 Å². The summed E-state index contributed by atoms with van der Waals surface area (Å²) in [5, 5.41) is 12.2. The molecule has 0 N–H and O–H groups in total. The molecule has 2 aromatic rings. The molecule has 3 rings (SSSR count). The quantitative estimate of drug-likeness (QED) is 0.325. The number of halogens is 3. The lowest BCUT2D eigenvalue weighted by atomic mass is 10.1. The highest BCUT2D eigenvalue weighted by Crippen LogP contribution is 2.49. The van der Waals surface area contributed by atoms with E-state index >= 15 is 0 Å². The molecule has 8 heteroatoms. The first-order chi connectivity index (χ1) is 11.6. The van der Waals surface area contributed by atoms with Crippen LogP contribution in [0.4, 0.5) is 13.2 Å². The van der Waals surface area contributed by atoms with E-state index in [2.05, 4.69) is 19.6 Å². The fourth-order valence-corrected chi connectivity index (χ4v) is 3.83. The third kappa shape index (κ3) is 3.84. The van der Waals surface area contributed by atoms with Gasteiger partial charge in [-0.3, -0.25) is 0 Å². The predicted molar refractivity (Wildman–Crippen MR) is 92.0 cm³/mol. The molecule has 0 atom stereocenters. The van der Waals surface area contributed by atoms with E-state index in [1.165, 1.54) is 22.9 Å². The lowest BCUT2D eigenvalue weighted by Crippen LogP contribution is -2.29. The number of hydrogen-bond donors (Lipinski definition) is 0. The van der Waals surface area contributed by atoms with Crippen LogP contribution in [-0.2, 0) is 17.6 Å². The zero-order chi connectivity index (χ0) is 18.4. The second kappa shape index (κ2) is 6.32. The van der Waals surface area contributed by atoms with Gasteiger partial charge in [-0.25, -0.2) is 9.30 Å². The molecule has 0 aliphatic heterocycles. The van der Waals surface area contributed by atoms with Gasteiger partial charge in [0.15, 0.2) is 6.73 Å². The van der Waals surface area contributed by atoms with E-state index in [0.29, 0.717) is 24.2 Å². The number of aromatic nitrogens is 2. The number of hydrogen-bond acceptors (Lipinski definition) is 2. The lowest BCUT2D eigenvalue weighted by Gasteiger charge is -2.15. The highest BCUT2D eigenvalue weighted by Gasteiger charge is 2.47. The molecular weight excluding hydrogens is 349 g/mol. The van der Waals surface area contributed by atoms with Crippen molar-refractivity contribution < 1.29 is 22.6 Å². The average molecular weight is 372 g/mol. The van der Waals surface area contributed by atoms with Gasteiger partial charge in [-0.1, -0.05) is 19.6 Å². The summed E-state index contributed by atoms with van der Waals surface area (Å²) in [5.41, 5.74) is -0.444. The van der Waals surface area contributed by atoms with Crippen LogP contribution in [0.2, 0.25) is 25.7 Å². The third-order valence-electron chi connectivity index (χ3n) is 4.47. The van der Waals surface area contributed by atoms with E-state index in [0.717, 1.165) is 6.04 Å². The Morgan fingerprint density at radius 2 is 2.00 bits per heavy atom. The summed E-state index contributed by atoms with van der Waals surface area (Å²) in [6, 6.07) is 3.66. The Morgan fingerprint density at radius 3 is 2.56 bits per heavy atom. The van der Waals surface area contributed by atoms with E-state index in [1.807, 2.05) is 0 Å². The number of ether oxygens (including phenoxy) is 1. The van der Waals surface area contributed by atoms with Gasteiger partial charge in [0.1, 0.15) is 11.3 Å². The Kier molecular flexibility index (Phi) is 4.61. The lowest BCUT2D eigenvalue weighted by molar-refractivity contribution is -0.580. The topological polar surface area (TPSA) is 41.1 Å². The monoisotopic (exact) mass is 372 g/mol. The van der Waals surface area contributed by atoms with Gasteiger partial charge >= 0.3 is 6.18 Å². The van der Waals surface area contributed by atoms with Crippen LogP contribution >= 0.6 is 0 Å². The number of nitrogens with zero attached hydrogens (tertiary/aromatic N) is 2. The highest BCUT2D eigenvalue weighted by atomic mass is 28.3. The first kappa shape index (κ1) is 18.3. The van der Waals surface area contributed by atoms with E-state index in [1.54, 1.807) is 0 Å². The molecule has 25 heavy (non-hydrogen) atoms. The molecule has 0 spiro atoms. The van der Waals surface area contributed by atoms with Crippen LogP contribution in [0.25, 0.3) is 11.0 Å². The van der Waals surface area contributed by atoms with Crippen molar-refractivity contribution in [3.63, 3.8) is 0 Å². The second-order valence-electron chi connectivity index (χ2n) is 7.88. The van der Waals surface area contributed by atoms with Crippen LogP contribution in [0.15, 0.2) is 18.3 Å². The summed E-state index contributed by atoms with van der Waals surface area (Å²) in [7, 11) is -1.29. The molecule has 1 saturated carbocycles. The Hall–Kier alpha value is -1.54. The van der Waals surface area contributed by atoms with Gasteiger partial charge in [-0.05, 0) is 31.0 Å². The van der Waals surface area contributed by atoms with Crippen LogP contribution in [0.5, 0.6) is 0 Å². The number of pyridine rings is 1. The molecule has 0 aromatic carbocycles. The summed E-state index contributed by atoms with van der Waals surface area (Å²) in [4.78, 5) is 0. The number of rotatable bonds is 6. The molecule has 1 aliphatic carbocycles. The molecule has 2 heterocycles.